The number of esters is 1. The van der Waals surface area contributed by atoms with Crippen molar-refractivity contribution in [3.05, 3.63) is 29.8 Å². The molecular formula is C13H17ClO4. The SMILES string of the molecule is CCCOCc1ccc(OCOC(=O)CCl)cc1. The van der Waals surface area contributed by atoms with Crippen LogP contribution in [0.1, 0.15) is 18.9 Å². The molecule has 0 aliphatic carbocycles. The van der Waals surface area contributed by atoms with Gasteiger partial charge >= 0.3 is 5.97 Å². The van der Waals surface area contributed by atoms with Gasteiger partial charge in [0.2, 0.25) is 6.79 Å². The van der Waals surface area contributed by atoms with Crippen LogP contribution in [-0.4, -0.2) is 25.2 Å². The van der Waals surface area contributed by atoms with Crippen LogP contribution in [-0.2, 0) is 20.9 Å². The lowest BCUT2D eigenvalue weighted by molar-refractivity contribution is -0.147. The molecule has 0 unspecified atom stereocenters. The van der Waals surface area contributed by atoms with Crippen LogP contribution in [0.2, 0.25) is 0 Å². The van der Waals surface area contributed by atoms with Gasteiger partial charge in [0, 0.05) is 6.61 Å². The molecule has 0 aliphatic heterocycles. The number of hydrogen-bond donors (Lipinski definition) is 0. The third-order valence-electron chi connectivity index (χ3n) is 2.10. The van der Waals surface area contributed by atoms with E-state index in [0.717, 1.165) is 18.6 Å². The lowest BCUT2D eigenvalue weighted by atomic mass is 10.2. The van der Waals surface area contributed by atoms with Crippen LogP contribution in [0.4, 0.5) is 0 Å². The maximum atomic E-state index is 10.8. The van der Waals surface area contributed by atoms with E-state index in [-0.39, 0.29) is 12.7 Å². The Labute approximate surface area is 112 Å². The molecule has 0 saturated heterocycles. The number of halogens is 1. The largest absolute Gasteiger partial charge is 0.457 e. The number of hydrogen-bond acceptors (Lipinski definition) is 4. The van der Waals surface area contributed by atoms with Crippen LogP contribution in [0.3, 0.4) is 0 Å². The van der Waals surface area contributed by atoms with Gasteiger partial charge in [-0.25, -0.2) is 0 Å². The van der Waals surface area contributed by atoms with Crippen molar-refractivity contribution in [1.82, 2.24) is 0 Å². The molecule has 1 aromatic carbocycles. The van der Waals surface area contributed by atoms with Crippen LogP contribution in [0, 0.1) is 0 Å². The van der Waals surface area contributed by atoms with Crippen LogP contribution in [0.25, 0.3) is 0 Å². The highest BCUT2D eigenvalue weighted by Crippen LogP contribution is 2.13. The lowest BCUT2D eigenvalue weighted by Crippen LogP contribution is -2.11. The molecule has 4 nitrogen and oxygen atoms in total. The quantitative estimate of drug-likeness (QED) is 0.316. The van der Waals surface area contributed by atoms with Crippen LogP contribution < -0.4 is 4.74 Å². The van der Waals surface area contributed by atoms with E-state index in [0.29, 0.717) is 12.4 Å². The molecular weight excluding hydrogens is 256 g/mol. The molecule has 0 aliphatic rings. The molecule has 5 heteroatoms. The highest BCUT2D eigenvalue weighted by atomic mass is 35.5. The first-order chi connectivity index (χ1) is 8.76. The first kappa shape index (κ1) is 14.8. The summed E-state index contributed by atoms with van der Waals surface area (Å²) < 4.78 is 15.3. The summed E-state index contributed by atoms with van der Waals surface area (Å²) >= 11 is 5.27. The van der Waals surface area contributed by atoms with Gasteiger partial charge in [0.1, 0.15) is 11.6 Å². The topological polar surface area (TPSA) is 44.8 Å². The van der Waals surface area contributed by atoms with Gasteiger partial charge in [-0.3, -0.25) is 4.79 Å². The smallest absolute Gasteiger partial charge is 0.323 e. The van der Waals surface area contributed by atoms with Gasteiger partial charge in [0.05, 0.1) is 6.61 Å². The molecule has 0 N–H and O–H groups in total. The molecule has 18 heavy (non-hydrogen) atoms. The molecule has 0 spiro atoms. The minimum absolute atomic E-state index is 0.128. The molecule has 0 fully saturated rings. The van der Waals surface area contributed by atoms with E-state index in [1.807, 2.05) is 12.1 Å². The van der Waals surface area contributed by atoms with E-state index in [2.05, 4.69) is 11.7 Å². The monoisotopic (exact) mass is 272 g/mol. The number of alkyl halides is 1. The van der Waals surface area contributed by atoms with E-state index < -0.39 is 5.97 Å². The third kappa shape index (κ3) is 5.89. The predicted molar refractivity (Wildman–Crippen MR) is 68.7 cm³/mol. The molecule has 0 atom stereocenters. The highest BCUT2D eigenvalue weighted by molar-refractivity contribution is 6.26. The molecule has 0 radical (unpaired) electrons. The van der Waals surface area contributed by atoms with Gasteiger partial charge in [-0.15, -0.1) is 11.6 Å². The average molecular weight is 273 g/mol. The summed E-state index contributed by atoms with van der Waals surface area (Å²) in [6.07, 6.45) is 1.01. The molecule has 1 aromatic rings. The molecule has 0 saturated carbocycles. The summed E-state index contributed by atoms with van der Waals surface area (Å²) in [4.78, 5) is 10.8. The molecule has 100 valence electrons. The van der Waals surface area contributed by atoms with Crippen molar-refractivity contribution in [1.29, 1.82) is 0 Å². The zero-order valence-electron chi connectivity index (χ0n) is 10.4. The fraction of sp³-hybridized carbons (Fsp3) is 0.462. The Morgan fingerprint density at radius 3 is 2.61 bits per heavy atom. The lowest BCUT2D eigenvalue weighted by Gasteiger charge is -2.07. The van der Waals surface area contributed by atoms with Crippen molar-refractivity contribution in [2.75, 3.05) is 19.3 Å². The van der Waals surface area contributed by atoms with Gasteiger partial charge in [0.25, 0.3) is 0 Å². The Kier molecular flexibility index (Phi) is 7.22. The number of benzene rings is 1. The molecule has 0 heterocycles. The predicted octanol–water partition coefficient (Wildman–Crippen LogP) is 2.73. The fourth-order valence-electron chi connectivity index (χ4n) is 1.22. The Balaban J connectivity index is 2.29. The maximum absolute atomic E-state index is 10.8. The standard InChI is InChI=1S/C13H17ClO4/c1-2-7-16-9-11-3-5-12(6-4-11)17-10-18-13(15)8-14/h3-6H,2,7-10H2,1H3. The number of carbonyl (C=O) groups excluding carboxylic acids is 1. The summed E-state index contributed by atoms with van der Waals surface area (Å²) in [5.41, 5.74) is 1.08. The summed E-state index contributed by atoms with van der Waals surface area (Å²) in [6, 6.07) is 7.43. The van der Waals surface area contributed by atoms with Crippen LogP contribution in [0.5, 0.6) is 5.75 Å². The van der Waals surface area contributed by atoms with Crippen LogP contribution >= 0.6 is 11.6 Å². The normalized spacial score (nSPS) is 10.1. The summed E-state index contributed by atoms with van der Waals surface area (Å²) in [5.74, 6) is -0.0327. The van der Waals surface area contributed by atoms with Crippen molar-refractivity contribution in [2.45, 2.75) is 20.0 Å². The fourth-order valence-corrected chi connectivity index (χ4v) is 1.30. The second kappa shape index (κ2) is 8.78. The van der Waals surface area contributed by atoms with Crippen molar-refractivity contribution < 1.29 is 19.0 Å². The molecule has 0 bridgehead atoms. The Morgan fingerprint density at radius 1 is 1.28 bits per heavy atom. The highest BCUT2D eigenvalue weighted by Gasteiger charge is 2.00. The van der Waals surface area contributed by atoms with Crippen LogP contribution in [0.15, 0.2) is 24.3 Å². The minimum Gasteiger partial charge on any atom is -0.457 e. The molecule has 0 amide bonds. The summed E-state index contributed by atoms with van der Waals surface area (Å²) in [5, 5.41) is 0. The van der Waals surface area contributed by atoms with E-state index in [1.54, 1.807) is 12.1 Å². The first-order valence-corrected chi connectivity index (χ1v) is 6.30. The third-order valence-corrected chi connectivity index (χ3v) is 2.31. The summed E-state index contributed by atoms with van der Waals surface area (Å²) in [7, 11) is 0. The Bertz CT molecular complexity index is 351. The Morgan fingerprint density at radius 2 is 2.00 bits per heavy atom. The number of rotatable bonds is 8. The molecule has 1 rings (SSSR count). The first-order valence-electron chi connectivity index (χ1n) is 5.77. The number of ether oxygens (including phenoxy) is 3. The molecule has 0 aromatic heterocycles. The Hall–Kier alpha value is -1.26. The van der Waals surface area contributed by atoms with Gasteiger partial charge in [-0.05, 0) is 24.1 Å². The van der Waals surface area contributed by atoms with Gasteiger partial charge in [-0.1, -0.05) is 19.1 Å². The second-order valence-electron chi connectivity index (χ2n) is 3.61. The van der Waals surface area contributed by atoms with Crippen molar-refractivity contribution in [3.63, 3.8) is 0 Å². The van der Waals surface area contributed by atoms with E-state index in [9.17, 15) is 4.79 Å². The van der Waals surface area contributed by atoms with E-state index in [1.165, 1.54) is 0 Å². The minimum atomic E-state index is -0.499. The van der Waals surface area contributed by atoms with Crippen molar-refractivity contribution in [3.8, 4) is 5.75 Å². The average Bonchev–Trinajstić information content (AvgIpc) is 2.40. The van der Waals surface area contributed by atoms with E-state index >= 15 is 0 Å². The van der Waals surface area contributed by atoms with Gasteiger partial charge in [0.15, 0.2) is 0 Å². The van der Waals surface area contributed by atoms with Crippen molar-refractivity contribution >= 4 is 17.6 Å². The zero-order valence-corrected chi connectivity index (χ0v) is 11.1. The van der Waals surface area contributed by atoms with Crippen molar-refractivity contribution in [2.24, 2.45) is 0 Å². The van der Waals surface area contributed by atoms with Gasteiger partial charge in [-0.2, -0.15) is 0 Å². The number of carbonyl (C=O) groups is 1. The maximum Gasteiger partial charge on any atom is 0.323 e. The van der Waals surface area contributed by atoms with Gasteiger partial charge < -0.3 is 14.2 Å². The zero-order chi connectivity index (χ0) is 13.2. The second-order valence-corrected chi connectivity index (χ2v) is 3.88. The van der Waals surface area contributed by atoms with E-state index in [4.69, 9.17) is 21.1 Å². The summed E-state index contributed by atoms with van der Waals surface area (Å²) in [6.45, 7) is 3.29.